The Bertz CT molecular complexity index is 919. The molecule has 3 unspecified atom stereocenters. The van der Waals surface area contributed by atoms with Crippen molar-refractivity contribution >= 4 is 11.5 Å². The van der Waals surface area contributed by atoms with Gasteiger partial charge < -0.3 is 10.4 Å². The van der Waals surface area contributed by atoms with Crippen molar-refractivity contribution in [2.45, 2.75) is 24.5 Å². The Morgan fingerprint density at radius 1 is 1.21 bits per heavy atom. The van der Waals surface area contributed by atoms with E-state index in [0.29, 0.717) is 6.08 Å². The van der Waals surface area contributed by atoms with Crippen LogP contribution in [-0.4, -0.2) is 52.1 Å². The molecule has 12 heteroatoms. The number of aliphatic imine (C=N–C) groups is 1. The Labute approximate surface area is 153 Å². The summed E-state index contributed by atoms with van der Waals surface area (Å²) in [7, 11) is 0. The Morgan fingerprint density at radius 2 is 1.93 bits per heavy atom. The first kappa shape index (κ1) is 20.0. The number of nitrogens with one attached hydrogen (secondary N) is 3. The molecule has 1 aliphatic carbocycles. The molecule has 28 heavy (non-hydrogen) atoms. The summed E-state index contributed by atoms with van der Waals surface area (Å²) >= 11 is 0. The van der Waals surface area contributed by atoms with E-state index in [9.17, 15) is 36.2 Å². The minimum absolute atomic E-state index is 0.144. The van der Waals surface area contributed by atoms with E-state index in [1.54, 1.807) is 0 Å². The molecule has 6 nitrogen and oxygen atoms in total. The van der Waals surface area contributed by atoms with Crippen molar-refractivity contribution in [3.8, 4) is 0 Å². The minimum Gasteiger partial charge on any atom is -0.387 e. The van der Waals surface area contributed by atoms with Gasteiger partial charge in [0.2, 0.25) is 0 Å². The van der Waals surface area contributed by atoms with Crippen molar-refractivity contribution in [2.24, 2.45) is 10.9 Å². The van der Waals surface area contributed by atoms with Crippen LogP contribution in [0.5, 0.6) is 0 Å². The van der Waals surface area contributed by atoms with Crippen LogP contribution in [0.1, 0.15) is 0 Å². The number of aromatic amines is 2. The van der Waals surface area contributed by atoms with Crippen molar-refractivity contribution < 1.29 is 31.4 Å². The molecule has 0 amide bonds. The SMILES string of the molecule is O=c1cc(NCC(O)C2=CC(C(F)(F)F)=NC3C2=CC=CC3C(F)(F)F)[nH][nH]1. The molecular formula is C16H14F6N4O2. The van der Waals surface area contributed by atoms with Gasteiger partial charge in [0, 0.05) is 12.6 Å². The molecule has 1 aromatic rings. The predicted octanol–water partition coefficient (Wildman–Crippen LogP) is 2.46. The van der Waals surface area contributed by atoms with Crippen molar-refractivity contribution in [2.75, 3.05) is 11.9 Å². The fourth-order valence-electron chi connectivity index (χ4n) is 2.99. The lowest BCUT2D eigenvalue weighted by Crippen LogP contribution is -2.41. The Balaban J connectivity index is 1.92. The van der Waals surface area contributed by atoms with Crippen molar-refractivity contribution in [1.29, 1.82) is 0 Å². The van der Waals surface area contributed by atoms with Crippen LogP contribution < -0.4 is 10.9 Å². The second-order valence-electron chi connectivity index (χ2n) is 6.20. The second kappa shape index (κ2) is 7.00. The number of nitrogens with zero attached hydrogens (tertiary/aromatic N) is 1. The molecule has 0 spiro atoms. The van der Waals surface area contributed by atoms with Crippen molar-refractivity contribution in [3.05, 3.63) is 51.9 Å². The second-order valence-corrected chi connectivity index (χ2v) is 6.20. The molecule has 0 saturated heterocycles. The van der Waals surface area contributed by atoms with E-state index < -0.39 is 41.7 Å². The lowest BCUT2D eigenvalue weighted by Gasteiger charge is -2.34. The quantitative estimate of drug-likeness (QED) is 0.577. The van der Waals surface area contributed by atoms with Crippen LogP contribution in [0.2, 0.25) is 0 Å². The van der Waals surface area contributed by atoms with E-state index in [-0.39, 0.29) is 23.5 Å². The van der Waals surface area contributed by atoms with Crippen molar-refractivity contribution in [3.63, 3.8) is 0 Å². The summed E-state index contributed by atoms with van der Waals surface area (Å²) in [5.74, 6) is -2.08. The number of rotatable bonds is 4. The summed E-state index contributed by atoms with van der Waals surface area (Å²) in [5, 5.41) is 17.6. The third-order valence-corrected chi connectivity index (χ3v) is 4.27. The number of H-pyrrole nitrogens is 2. The maximum absolute atomic E-state index is 13.3. The Morgan fingerprint density at radius 3 is 2.50 bits per heavy atom. The van der Waals surface area contributed by atoms with Gasteiger partial charge in [-0.25, -0.2) is 0 Å². The normalized spacial score (nSPS) is 23.5. The zero-order valence-electron chi connectivity index (χ0n) is 13.9. The van der Waals surface area contributed by atoms with Gasteiger partial charge in [-0.2, -0.15) is 26.3 Å². The topological polar surface area (TPSA) is 93.3 Å². The number of aliphatic hydroxyl groups is 1. The third kappa shape index (κ3) is 4.06. The van der Waals surface area contributed by atoms with Gasteiger partial charge >= 0.3 is 12.4 Å². The van der Waals surface area contributed by atoms with E-state index in [1.807, 2.05) is 0 Å². The van der Waals surface area contributed by atoms with Crippen LogP contribution in [0.3, 0.4) is 0 Å². The van der Waals surface area contributed by atoms with E-state index in [4.69, 9.17) is 0 Å². The van der Waals surface area contributed by atoms with E-state index in [1.165, 1.54) is 6.08 Å². The number of aromatic nitrogens is 2. The average molecular weight is 408 g/mol. The molecule has 1 aliphatic heterocycles. The zero-order chi connectivity index (χ0) is 20.7. The van der Waals surface area contributed by atoms with Gasteiger partial charge in [-0.05, 0) is 17.2 Å². The number of dihydropyridines is 1. The van der Waals surface area contributed by atoms with E-state index in [2.05, 4.69) is 20.5 Å². The highest BCUT2D eigenvalue weighted by atomic mass is 19.4. The van der Waals surface area contributed by atoms with Gasteiger partial charge in [-0.1, -0.05) is 18.2 Å². The smallest absolute Gasteiger partial charge is 0.387 e. The molecular weight excluding hydrogens is 394 g/mol. The maximum Gasteiger partial charge on any atom is 0.432 e. The molecule has 3 rings (SSSR count). The number of alkyl halides is 6. The number of fused-ring (bicyclic) bond motifs is 1. The number of anilines is 1. The standard InChI is InChI=1S/C16H14F6N4O2/c17-15(18,19)9-3-1-2-7-8(4-11(16(20,21)22)24-14(7)9)10(27)6-23-12-5-13(28)26-25-12/h1-5,9-10,14,27H,6H2,(H3,23,25,26,28). The molecule has 152 valence electrons. The van der Waals surface area contributed by atoms with Gasteiger partial charge in [0.25, 0.3) is 5.56 Å². The molecule has 0 bridgehead atoms. The first-order chi connectivity index (χ1) is 13.0. The highest BCUT2D eigenvalue weighted by Crippen LogP contribution is 2.42. The summed E-state index contributed by atoms with van der Waals surface area (Å²) < 4.78 is 79.4. The summed E-state index contributed by atoms with van der Waals surface area (Å²) in [6.07, 6.45) is -7.80. The summed E-state index contributed by atoms with van der Waals surface area (Å²) in [6, 6.07) is -0.737. The van der Waals surface area contributed by atoms with Gasteiger partial charge in [0.15, 0.2) is 0 Å². The zero-order valence-corrected chi connectivity index (χ0v) is 13.9. The fourth-order valence-corrected chi connectivity index (χ4v) is 2.99. The number of hydrogen-bond donors (Lipinski definition) is 4. The van der Waals surface area contributed by atoms with E-state index >= 15 is 0 Å². The van der Waals surface area contributed by atoms with Crippen LogP contribution in [-0.2, 0) is 0 Å². The van der Waals surface area contributed by atoms with Crippen LogP contribution in [0.15, 0.2) is 51.3 Å². The highest BCUT2D eigenvalue weighted by Gasteiger charge is 2.49. The minimum atomic E-state index is -4.98. The Hall–Kier alpha value is -2.76. The first-order valence-electron chi connectivity index (χ1n) is 7.98. The van der Waals surface area contributed by atoms with Gasteiger partial charge in [0.05, 0.1) is 18.1 Å². The van der Waals surface area contributed by atoms with Crippen LogP contribution in [0, 0.1) is 5.92 Å². The average Bonchev–Trinajstić information content (AvgIpc) is 3.01. The molecule has 3 atom stereocenters. The molecule has 1 aromatic heterocycles. The largest absolute Gasteiger partial charge is 0.432 e. The Kier molecular flexibility index (Phi) is 5.00. The molecule has 4 N–H and O–H groups in total. The lowest BCUT2D eigenvalue weighted by molar-refractivity contribution is -0.164. The fraction of sp³-hybridized carbons (Fsp3) is 0.375. The predicted molar refractivity (Wildman–Crippen MR) is 88.0 cm³/mol. The summed E-state index contributed by atoms with van der Waals surface area (Å²) in [4.78, 5) is 14.3. The summed E-state index contributed by atoms with van der Waals surface area (Å²) in [5.41, 5.74) is -2.44. The molecule has 0 radical (unpaired) electrons. The molecule has 0 saturated carbocycles. The third-order valence-electron chi connectivity index (χ3n) is 4.27. The number of aliphatic hydroxyl groups excluding tert-OH is 1. The molecule has 2 aliphatic rings. The highest BCUT2D eigenvalue weighted by molar-refractivity contribution is 6.02. The van der Waals surface area contributed by atoms with E-state index in [0.717, 1.165) is 18.2 Å². The van der Waals surface area contributed by atoms with Gasteiger partial charge in [0.1, 0.15) is 11.5 Å². The van der Waals surface area contributed by atoms with Crippen molar-refractivity contribution in [1.82, 2.24) is 10.2 Å². The number of allylic oxidation sites excluding steroid dienone is 3. The lowest BCUT2D eigenvalue weighted by atomic mass is 9.80. The molecule has 0 fully saturated rings. The van der Waals surface area contributed by atoms with Crippen LogP contribution in [0.4, 0.5) is 32.2 Å². The maximum atomic E-state index is 13.3. The van der Waals surface area contributed by atoms with Gasteiger partial charge in [-0.15, -0.1) is 0 Å². The van der Waals surface area contributed by atoms with Crippen LogP contribution in [0.25, 0.3) is 0 Å². The molecule has 0 aromatic carbocycles. The monoisotopic (exact) mass is 408 g/mol. The summed E-state index contributed by atoms with van der Waals surface area (Å²) in [6.45, 7) is -0.352. The van der Waals surface area contributed by atoms with Gasteiger partial charge in [-0.3, -0.25) is 20.0 Å². The van der Waals surface area contributed by atoms with Crippen LogP contribution >= 0.6 is 0 Å². The molecule has 2 heterocycles. The number of hydrogen-bond acceptors (Lipinski definition) is 4. The number of halogens is 6. The first-order valence-corrected chi connectivity index (χ1v) is 7.98.